The van der Waals surface area contributed by atoms with Crippen molar-refractivity contribution < 1.29 is 0 Å². The number of hydrogen-bond acceptors (Lipinski definition) is 4. The Morgan fingerprint density at radius 3 is 2.50 bits per heavy atom. The fraction of sp³-hybridized carbons (Fsp3) is 0.667. The third kappa shape index (κ3) is 1.24. The first-order valence-corrected chi connectivity index (χ1v) is 3.12. The van der Waals surface area contributed by atoms with E-state index >= 15 is 0 Å². The summed E-state index contributed by atoms with van der Waals surface area (Å²) in [7, 11) is 0. The van der Waals surface area contributed by atoms with Gasteiger partial charge in [0.1, 0.15) is 0 Å². The lowest BCUT2D eigenvalue weighted by atomic mass is 10.3. The minimum Gasteiger partial charge on any atom is -0.303 e. The molecule has 0 saturated carbocycles. The average molecular weight is 136 g/mol. The summed E-state index contributed by atoms with van der Waals surface area (Å²) in [6.07, 6.45) is 0. The summed E-state index contributed by atoms with van der Waals surface area (Å²) in [5.74, 6) is 0. The van der Waals surface area contributed by atoms with E-state index in [1.807, 2.05) is 12.1 Å². The highest BCUT2D eigenvalue weighted by atomic mass is 15.3. The largest absolute Gasteiger partial charge is 0.303 e. The Morgan fingerprint density at radius 1 is 1.40 bits per heavy atom. The summed E-state index contributed by atoms with van der Waals surface area (Å²) < 4.78 is 0. The van der Waals surface area contributed by atoms with E-state index in [0.717, 1.165) is 13.1 Å². The maximum atomic E-state index is 8.44. The van der Waals surface area contributed by atoms with Crippen LogP contribution < -0.4 is 5.32 Å². The van der Waals surface area contributed by atoms with Crippen LogP contribution in [0.15, 0.2) is 0 Å². The Hall–Kier alpha value is -1.10. The van der Waals surface area contributed by atoms with E-state index in [2.05, 4.69) is 5.32 Å². The van der Waals surface area contributed by atoms with Crippen LogP contribution in [-0.4, -0.2) is 30.7 Å². The summed E-state index contributed by atoms with van der Waals surface area (Å²) in [6, 6.07) is 3.26. The third-order valence-corrected chi connectivity index (χ3v) is 1.50. The van der Waals surface area contributed by atoms with E-state index in [9.17, 15) is 0 Å². The zero-order valence-corrected chi connectivity index (χ0v) is 5.54. The van der Waals surface area contributed by atoms with Gasteiger partial charge in [-0.15, -0.1) is 0 Å². The molecule has 1 aliphatic rings. The van der Waals surface area contributed by atoms with Gasteiger partial charge in [0.15, 0.2) is 6.04 Å². The fourth-order valence-corrected chi connectivity index (χ4v) is 0.937. The summed E-state index contributed by atoms with van der Waals surface area (Å²) in [5.41, 5.74) is 0. The monoisotopic (exact) mass is 136 g/mol. The minimum atomic E-state index is -0.574. The van der Waals surface area contributed by atoms with Gasteiger partial charge in [-0.25, -0.2) is 0 Å². The molecule has 0 unspecified atom stereocenters. The molecule has 0 bridgehead atoms. The van der Waals surface area contributed by atoms with Crippen LogP contribution in [0.2, 0.25) is 0 Å². The first kappa shape index (κ1) is 7.01. The molecule has 4 nitrogen and oxygen atoms in total. The molecule has 1 heterocycles. The van der Waals surface area contributed by atoms with Crippen LogP contribution >= 0.6 is 0 Å². The number of nitriles is 2. The lowest BCUT2D eigenvalue weighted by Gasteiger charge is -2.12. The molecule has 0 atom stereocenters. The van der Waals surface area contributed by atoms with Crippen LogP contribution in [0.4, 0.5) is 0 Å². The predicted octanol–water partition coefficient (Wildman–Crippen LogP) is -0.735. The van der Waals surface area contributed by atoms with Crippen LogP contribution in [0.5, 0.6) is 0 Å². The van der Waals surface area contributed by atoms with Crippen LogP contribution in [0.3, 0.4) is 0 Å². The normalized spacial score (nSPS) is 18.7. The highest BCUT2D eigenvalue weighted by molar-refractivity contribution is 5.07. The van der Waals surface area contributed by atoms with Crippen LogP contribution in [0.25, 0.3) is 0 Å². The number of hydrogen-bond donors (Lipinski definition) is 1. The quantitative estimate of drug-likeness (QED) is 0.516. The van der Waals surface area contributed by atoms with Crippen molar-refractivity contribution >= 4 is 0 Å². The molecule has 1 fully saturated rings. The molecule has 0 aromatic rings. The van der Waals surface area contributed by atoms with Gasteiger partial charge >= 0.3 is 0 Å². The summed E-state index contributed by atoms with van der Waals surface area (Å²) in [4.78, 5) is 1.81. The molecule has 0 radical (unpaired) electrons. The van der Waals surface area contributed by atoms with Crippen molar-refractivity contribution in [3.8, 4) is 12.1 Å². The maximum absolute atomic E-state index is 8.44. The van der Waals surface area contributed by atoms with Gasteiger partial charge in [-0.1, -0.05) is 0 Å². The van der Waals surface area contributed by atoms with Crippen LogP contribution in [0, 0.1) is 22.7 Å². The van der Waals surface area contributed by atoms with E-state index in [1.165, 1.54) is 0 Å². The average Bonchev–Trinajstić information content (AvgIpc) is 2.43. The SMILES string of the molecule is N#CC(C#N)N1CCNC1. The second-order valence-electron chi connectivity index (χ2n) is 2.13. The van der Waals surface area contributed by atoms with Crippen molar-refractivity contribution in [3.63, 3.8) is 0 Å². The van der Waals surface area contributed by atoms with E-state index < -0.39 is 6.04 Å². The van der Waals surface area contributed by atoms with Gasteiger partial charge in [-0.3, -0.25) is 4.90 Å². The molecule has 1 rings (SSSR count). The van der Waals surface area contributed by atoms with Gasteiger partial charge in [0, 0.05) is 13.1 Å². The smallest absolute Gasteiger partial charge is 0.187 e. The van der Waals surface area contributed by atoms with Gasteiger partial charge in [0.2, 0.25) is 0 Å². The highest BCUT2D eigenvalue weighted by Gasteiger charge is 2.19. The topological polar surface area (TPSA) is 62.9 Å². The Labute approximate surface area is 59.7 Å². The first-order valence-electron chi connectivity index (χ1n) is 3.12. The molecule has 1 saturated heterocycles. The van der Waals surface area contributed by atoms with Gasteiger partial charge in [0.05, 0.1) is 18.8 Å². The fourth-order valence-electron chi connectivity index (χ4n) is 0.937. The number of rotatable bonds is 1. The highest BCUT2D eigenvalue weighted by Crippen LogP contribution is 1.98. The van der Waals surface area contributed by atoms with Crippen molar-refractivity contribution in [1.82, 2.24) is 10.2 Å². The van der Waals surface area contributed by atoms with Crippen molar-refractivity contribution in [1.29, 1.82) is 10.5 Å². The Balaban J connectivity index is 2.48. The van der Waals surface area contributed by atoms with Gasteiger partial charge in [-0.05, 0) is 0 Å². The molecule has 10 heavy (non-hydrogen) atoms. The van der Waals surface area contributed by atoms with Gasteiger partial charge < -0.3 is 5.32 Å². The van der Waals surface area contributed by atoms with Crippen molar-refractivity contribution in [3.05, 3.63) is 0 Å². The molecule has 4 heteroatoms. The standard InChI is InChI=1S/C6H8N4/c7-3-6(4-8)10-2-1-9-5-10/h6,9H,1-2,5H2. The molecule has 0 amide bonds. The zero-order valence-electron chi connectivity index (χ0n) is 5.54. The van der Waals surface area contributed by atoms with Crippen LogP contribution in [0.1, 0.15) is 0 Å². The lowest BCUT2D eigenvalue weighted by Crippen LogP contribution is -2.31. The lowest BCUT2D eigenvalue weighted by molar-refractivity contribution is 0.329. The van der Waals surface area contributed by atoms with Crippen molar-refractivity contribution in [2.24, 2.45) is 0 Å². The summed E-state index contributed by atoms with van der Waals surface area (Å²) in [6.45, 7) is 2.33. The third-order valence-electron chi connectivity index (χ3n) is 1.50. The molecule has 1 aliphatic heterocycles. The number of nitrogens with one attached hydrogen (secondary N) is 1. The van der Waals surface area contributed by atoms with Crippen molar-refractivity contribution in [2.75, 3.05) is 19.8 Å². The molecule has 52 valence electrons. The second kappa shape index (κ2) is 3.17. The second-order valence-corrected chi connectivity index (χ2v) is 2.13. The maximum Gasteiger partial charge on any atom is 0.187 e. The molecule has 0 aliphatic carbocycles. The first-order chi connectivity index (χ1) is 4.88. The molecule has 0 aromatic carbocycles. The van der Waals surface area contributed by atoms with Crippen LogP contribution in [-0.2, 0) is 0 Å². The molecular weight excluding hydrogens is 128 g/mol. The predicted molar refractivity (Wildman–Crippen MR) is 34.6 cm³/mol. The van der Waals surface area contributed by atoms with Gasteiger partial charge in [0.25, 0.3) is 0 Å². The Bertz CT molecular complexity index is 167. The molecule has 0 spiro atoms. The van der Waals surface area contributed by atoms with Gasteiger partial charge in [-0.2, -0.15) is 10.5 Å². The molecule has 1 N–H and O–H groups in total. The number of nitrogens with zero attached hydrogens (tertiary/aromatic N) is 3. The Kier molecular flexibility index (Phi) is 2.22. The summed E-state index contributed by atoms with van der Waals surface area (Å²) in [5, 5.41) is 19.9. The van der Waals surface area contributed by atoms with E-state index in [4.69, 9.17) is 10.5 Å². The molecular formula is C6H8N4. The van der Waals surface area contributed by atoms with E-state index in [1.54, 1.807) is 4.90 Å². The van der Waals surface area contributed by atoms with E-state index in [-0.39, 0.29) is 0 Å². The van der Waals surface area contributed by atoms with E-state index in [0.29, 0.717) is 6.67 Å². The zero-order chi connectivity index (χ0) is 7.40. The minimum absolute atomic E-state index is 0.574. The Morgan fingerprint density at radius 2 is 2.10 bits per heavy atom. The molecule has 0 aromatic heterocycles. The van der Waals surface area contributed by atoms with Crippen molar-refractivity contribution in [2.45, 2.75) is 6.04 Å². The summed E-state index contributed by atoms with van der Waals surface area (Å²) >= 11 is 0.